The van der Waals surface area contributed by atoms with Gasteiger partial charge in [0.25, 0.3) is 0 Å². The van der Waals surface area contributed by atoms with E-state index in [-0.39, 0.29) is 0 Å². The molecule has 0 saturated heterocycles. The van der Waals surface area contributed by atoms with Crippen molar-refractivity contribution < 1.29 is 0 Å². The highest BCUT2D eigenvalue weighted by Crippen LogP contribution is 2.30. The van der Waals surface area contributed by atoms with E-state index in [9.17, 15) is 0 Å². The van der Waals surface area contributed by atoms with Gasteiger partial charge in [-0.25, -0.2) is 9.97 Å². The van der Waals surface area contributed by atoms with E-state index < -0.39 is 0 Å². The molecule has 0 radical (unpaired) electrons. The van der Waals surface area contributed by atoms with Crippen LogP contribution in [-0.4, -0.2) is 33.7 Å². The largest absolute Gasteiger partial charge is 0.293 e. The molecule has 148 valence electrons. The predicted octanol–water partition coefficient (Wildman–Crippen LogP) is 5.04. The lowest BCUT2D eigenvalue weighted by Crippen LogP contribution is -2.31. The molecule has 0 saturated carbocycles. The van der Waals surface area contributed by atoms with E-state index in [4.69, 9.17) is 4.98 Å². The molecule has 0 amide bonds. The van der Waals surface area contributed by atoms with Gasteiger partial charge in [-0.1, -0.05) is 29.8 Å². The Hall–Kier alpha value is -2.37. The normalized spacial score (nSPS) is 17.1. The third-order valence-electron chi connectivity index (χ3n) is 5.77. The van der Waals surface area contributed by atoms with E-state index in [0.717, 1.165) is 50.6 Å². The maximum atomic E-state index is 4.86. The van der Waals surface area contributed by atoms with Crippen LogP contribution in [0.5, 0.6) is 0 Å². The zero-order chi connectivity index (χ0) is 19.6. The molecule has 2 aliphatic rings. The second-order valence-corrected chi connectivity index (χ2v) is 9.21. The van der Waals surface area contributed by atoms with Crippen LogP contribution < -0.4 is 0 Å². The molecule has 5 rings (SSSR count). The summed E-state index contributed by atoms with van der Waals surface area (Å²) in [5.41, 5.74) is 6.20. The van der Waals surface area contributed by atoms with Crippen LogP contribution >= 0.6 is 11.3 Å². The van der Waals surface area contributed by atoms with E-state index >= 15 is 0 Å². The molecular formula is C24H26N4S. The molecular weight excluding hydrogens is 376 g/mol. The van der Waals surface area contributed by atoms with Crippen LogP contribution in [0.3, 0.4) is 0 Å². The quantitative estimate of drug-likeness (QED) is 0.613. The Labute approximate surface area is 176 Å². The fraction of sp³-hybridized carbons (Fsp3) is 0.375. The molecule has 1 aromatic carbocycles. The molecule has 0 N–H and O–H groups in total. The summed E-state index contributed by atoms with van der Waals surface area (Å²) in [5.74, 6) is 0.859. The fourth-order valence-electron chi connectivity index (χ4n) is 4.08. The third kappa shape index (κ3) is 4.16. The van der Waals surface area contributed by atoms with Crippen molar-refractivity contribution in [2.24, 2.45) is 4.99 Å². The van der Waals surface area contributed by atoms with E-state index in [1.165, 1.54) is 45.0 Å². The number of nitrogens with zero attached hydrogens (tertiary/aromatic N) is 4. The molecule has 29 heavy (non-hydrogen) atoms. The Morgan fingerprint density at radius 3 is 2.76 bits per heavy atom. The summed E-state index contributed by atoms with van der Waals surface area (Å²) in [7, 11) is 0. The van der Waals surface area contributed by atoms with Crippen molar-refractivity contribution in [1.29, 1.82) is 0 Å². The first-order chi connectivity index (χ1) is 14.2. The molecule has 0 atom stereocenters. The standard InChI is InChI=1S/C24H26N4S/c1-17-5-7-18(8-6-17)23-10-9-20(29-23)16-28-13-11-21-19(15-28)14-26-24(27-21)22-4-2-3-12-25-22/h5-10,14H,2-4,11-13,15-16H2,1H3. The van der Waals surface area contributed by atoms with Gasteiger partial charge in [0, 0.05) is 54.1 Å². The second kappa shape index (κ2) is 8.17. The zero-order valence-corrected chi connectivity index (χ0v) is 17.7. The van der Waals surface area contributed by atoms with Gasteiger partial charge in [-0.2, -0.15) is 0 Å². The lowest BCUT2D eigenvalue weighted by atomic mass is 10.1. The molecule has 0 aliphatic carbocycles. The van der Waals surface area contributed by atoms with E-state index in [0.29, 0.717) is 0 Å². The van der Waals surface area contributed by atoms with Gasteiger partial charge >= 0.3 is 0 Å². The van der Waals surface area contributed by atoms with Crippen molar-refractivity contribution >= 4 is 17.0 Å². The summed E-state index contributed by atoms with van der Waals surface area (Å²) >= 11 is 1.90. The first kappa shape index (κ1) is 18.6. The van der Waals surface area contributed by atoms with Gasteiger partial charge in [0.1, 0.15) is 0 Å². The summed E-state index contributed by atoms with van der Waals surface area (Å²) < 4.78 is 0. The minimum Gasteiger partial charge on any atom is -0.293 e. The Morgan fingerprint density at radius 1 is 1.03 bits per heavy atom. The van der Waals surface area contributed by atoms with Crippen molar-refractivity contribution in [2.45, 2.75) is 45.7 Å². The van der Waals surface area contributed by atoms with Crippen LogP contribution in [0.15, 0.2) is 47.6 Å². The van der Waals surface area contributed by atoms with Gasteiger partial charge in [0.15, 0.2) is 5.82 Å². The highest BCUT2D eigenvalue weighted by Gasteiger charge is 2.20. The number of aliphatic imine (C=N–C) groups is 1. The number of fused-ring (bicyclic) bond motifs is 1. The van der Waals surface area contributed by atoms with E-state index in [1.54, 1.807) is 0 Å². The summed E-state index contributed by atoms with van der Waals surface area (Å²) in [5, 5.41) is 0. The third-order valence-corrected chi connectivity index (χ3v) is 6.89. The van der Waals surface area contributed by atoms with Crippen LogP contribution in [0, 0.1) is 6.92 Å². The minimum atomic E-state index is 0.859. The van der Waals surface area contributed by atoms with Gasteiger partial charge in [0.05, 0.1) is 11.4 Å². The summed E-state index contributed by atoms with van der Waals surface area (Å²) in [6, 6.07) is 13.3. The predicted molar refractivity (Wildman–Crippen MR) is 120 cm³/mol. The lowest BCUT2D eigenvalue weighted by Gasteiger charge is -2.27. The Bertz CT molecular complexity index is 1040. The fourth-order valence-corrected chi connectivity index (χ4v) is 5.14. The van der Waals surface area contributed by atoms with Gasteiger partial charge in [-0.3, -0.25) is 9.89 Å². The number of aromatic nitrogens is 2. The molecule has 4 heterocycles. The lowest BCUT2D eigenvalue weighted by molar-refractivity contribution is 0.245. The molecule has 0 bridgehead atoms. The highest BCUT2D eigenvalue weighted by molar-refractivity contribution is 7.15. The summed E-state index contributed by atoms with van der Waals surface area (Å²) in [6.07, 6.45) is 6.45. The van der Waals surface area contributed by atoms with Crippen LogP contribution in [-0.2, 0) is 19.5 Å². The Kier molecular flexibility index (Phi) is 5.25. The molecule has 3 aromatic rings. The second-order valence-electron chi connectivity index (χ2n) is 8.04. The van der Waals surface area contributed by atoms with Crippen LogP contribution in [0.2, 0.25) is 0 Å². The number of thiophene rings is 1. The van der Waals surface area contributed by atoms with Crippen molar-refractivity contribution in [3.05, 3.63) is 70.1 Å². The molecule has 4 nitrogen and oxygen atoms in total. The zero-order valence-electron chi connectivity index (χ0n) is 16.9. The van der Waals surface area contributed by atoms with Crippen molar-refractivity contribution in [2.75, 3.05) is 13.1 Å². The SMILES string of the molecule is Cc1ccc(-c2ccc(CN3CCc4nc(C5=NCCCC5)ncc4C3)s2)cc1. The summed E-state index contributed by atoms with van der Waals surface area (Å²) in [6.45, 7) is 6.03. The highest BCUT2D eigenvalue weighted by atomic mass is 32.1. The monoisotopic (exact) mass is 402 g/mol. The summed E-state index contributed by atoms with van der Waals surface area (Å²) in [4.78, 5) is 19.4. The van der Waals surface area contributed by atoms with Crippen LogP contribution in [0.4, 0.5) is 0 Å². The molecule has 2 aromatic heterocycles. The number of hydrogen-bond donors (Lipinski definition) is 0. The van der Waals surface area contributed by atoms with Gasteiger partial charge in [-0.15, -0.1) is 11.3 Å². The van der Waals surface area contributed by atoms with Crippen molar-refractivity contribution in [1.82, 2.24) is 14.9 Å². The van der Waals surface area contributed by atoms with Gasteiger partial charge in [0.2, 0.25) is 0 Å². The van der Waals surface area contributed by atoms with Crippen LogP contribution in [0.25, 0.3) is 10.4 Å². The van der Waals surface area contributed by atoms with Crippen molar-refractivity contribution in [3.63, 3.8) is 0 Å². The number of aryl methyl sites for hydroxylation is 1. The smallest absolute Gasteiger partial charge is 0.173 e. The van der Waals surface area contributed by atoms with E-state index in [2.05, 4.69) is 58.2 Å². The number of rotatable bonds is 4. The molecule has 5 heteroatoms. The molecule has 0 spiro atoms. The maximum absolute atomic E-state index is 4.86. The Balaban J connectivity index is 1.27. The van der Waals surface area contributed by atoms with Gasteiger partial charge < -0.3 is 0 Å². The Morgan fingerprint density at radius 2 is 1.93 bits per heavy atom. The first-order valence-electron chi connectivity index (χ1n) is 10.5. The molecule has 0 fully saturated rings. The molecule has 2 aliphatic heterocycles. The topological polar surface area (TPSA) is 41.4 Å². The van der Waals surface area contributed by atoms with Crippen molar-refractivity contribution in [3.8, 4) is 10.4 Å². The first-order valence-corrected chi connectivity index (χ1v) is 11.3. The maximum Gasteiger partial charge on any atom is 0.173 e. The van der Waals surface area contributed by atoms with Gasteiger partial charge in [-0.05, 0) is 43.9 Å². The minimum absolute atomic E-state index is 0.859. The number of benzene rings is 1. The van der Waals surface area contributed by atoms with E-state index in [1.807, 2.05) is 17.5 Å². The average Bonchev–Trinajstić information content (AvgIpc) is 3.23. The average molecular weight is 403 g/mol. The van der Waals surface area contributed by atoms with Crippen LogP contribution in [0.1, 0.15) is 46.8 Å². The molecule has 0 unspecified atom stereocenters. The number of hydrogen-bond acceptors (Lipinski definition) is 5.